The van der Waals surface area contributed by atoms with Crippen LogP contribution in [0.5, 0.6) is 0 Å². The monoisotopic (exact) mass is 151 g/mol. The summed E-state index contributed by atoms with van der Waals surface area (Å²) in [4.78, 5) is 3.60. The molecule has 0 aliphatic rings. The predicted molar refractivity (Wildman–Crippen MR) is 42.0 cm³/mol. The van der Waals surface area contributed by atoms with Gasteiger partial charge in [-0.25, -0.2) is 0 Å². The van der Waals surface area contributed by atoms with Gasteiger partial charge in [-0.2, -0.15) is 0 Å². The third-order valence-electron chi connectivity index (χ3n) is 0.341. The predicted octanol–water partition coefficient (Wildman–Crippen LogP) is -0.129. The smallest absolute Gasteiger partial charge is 0.185 e. The average molecular weight is 151 g/mol. The first-order valence-corrected chi connectivity index (χ1v) is 3.66. The highest BCUT2D eigenvalue weighted by Gasteiger charge is 1.68. The van der Waals surface area contributed by atoms with Crippen LogP contribution in [0.3, 0.4) is 0 Å². The Labute approximate surface area is 56.4 Å². The molecule has 5 heteroatoms. The van der Waals surface area contributed by atoms with Gasteiger partial charge < -0.3 is 11.5 Å². The number of guanidine groups is 1. The first-order chi connectivity index (χ1) is 3.77. The van der Waals surface area contributed by atoms with Crippen LogP contribution < -0.4 is 11.5 Å². The van der Waals surface area contributed by atoms with E-state index in [1.165, 1.54) is 0 Å². The standard InChI is InChI=1S/C3H9N3.HPS/c1-2-6-3(4)5;1-2/h2H2,1H3,(H4,4,5,6);1H. The van der Waals surface area contributed by atoms with Crippen LogP contribution in [0.4, 0.5) is 0 Å². The molecule has 48 valence electrons. The highest BCUT2D eigenvalue weighted by atomic mass is 32.4. The molecular formula is C3H10N3PS. The molecule has 0 heterocycles. The Morgan fingerprint density at radius 2 is 2.00 bits per heavy atom. The van der Waals surface area contributed by atoms with Crippen LogP contribution in [-0.4, -0.2) is 12.5 Å². The molecule has 3 nitrogen and oxygen atoms in total. The van der Waals surface area contributed by atoms with Gasteiger partial charge in [0.2, 0.25) is 0 Å². The number of hydrogen-bond acceptors (Lipinski definition) is 2. The lowest BCUT2D eigenvalue weighted by Crippen LogP contribution is -2.22. The number of hydrogen-bond donors (Lipinski definition) is 2. The summed E-state index contributed by atoms with van der Waals surface area (Å²) in [5.41, 5.74) is 9.86. The topological polar surface area (TPSA) is 64.4 Å². The Hall–Kier alpha value is -0.210. The van der Waals surface area contributed by atoms with E-state index in [0.29, 0.717) is 6.54 Å². The van der Waals surface area contributed by atoms with Gasteiger partial charge in [0.05, 0.1) is 0 Å². The number of aliphatic imine (C=N–C) groups is 1. The molecular weight excluding hydrogens is 141 g/mol. The summed E-state index contributed by atoms with van der Waals surface area (Å²) in [7, 11) is 2.56. The molecule has 0 rings (SSSR count). The molecule has 0 amide bonds. The van der Waals surface area contributed by atoms with E-state index in [1.54, 1.807) is 0 Å². The molecule has 0 unspecified atom stereocenters. The van der Waals surface area contributed by atoms with Gasteiger partial charge in [-0.3, -0.25) is 4.99 Å². The maximum Gasteiger partial charge on any atom is 0.185 e. The zero-order valence-electron chi connectivity index (χ0n) is 4.72. The van der Waals surface area contributed by atoms with Gasteiger partial charge in [0.1, 0.15) is 0 Å². The van der Waals surface area contributed by atoms with Crippen LogP contribution in [0.1, 0.15) is 6.92 Å². The van der Waals surface area contributed by atoms with E-state index in [0.717, 1.165) is 0 Å². The molecule has 0 saturated heterocycles. The van der Waals surface area contributed by atoms with Crippen LogP contribution in [0.15, 0.2) is 4.99 Å². The van der Waals surface area contributed by atoms with E-state index >= 15 is 0 Å². The minimum absolute atomic E-state index is 0.164. The van der Waals surface area contributed by atoms with Gasteiger partial charge in [0, 0.05) is 6.54 Å². The van der Waals surface area contributed by atoms with E-state index in [2.05, 4.69) is 24.8 Å². The van der Waals surface area contributed by atoms with Gasteiger partial charge in [-0.05, 0) is 14.9 Å². The van der Waals surface area contributed by atoms with Crippen molar-refractivity contribution in [1.82, 2.24) is 0 Å². The fourth-order valence-electron chi connectivity index (χ4n) is 0.183. The molecule has 0 fully saturated rings. The first kappa shape index (κ1) is 10.7. The molecule has 4 N–H and O–H groups in total. The van der Waals surface area contributed by atoms with Crippen molar-refractivity contribution in [3.63, 3.8) is 0 Å². The molecule has 0 aliphatic heterocycles. The second-order valence-corrected chi connectivity index (χ2v) is 0.899. The first-order valence-electron chi connectivity index (χ1n) is 2.03. The van der Waals surface area contributed by atoms with Gasteiger partial charge in [-0.15, -0.1) is 0 Å². The quantitative estimate of drug-likeness (QED) is 0.312. The molecule has 0 aromatic heterocycles. The van der Waals surface area contributed by atoms with Crippen LogP contribution in [-0.2, 0) is 11.8 Å². The lowest BCUT2D eigenvalue weighted by atomic mass is 10.8. The lowest BCUT2D eigenvalue weighted by molar-refractivity contribution is 1.11. The maximum atomic E-state index is 4.93. The third-order valence-corrected chi connectivity index (χ3v) is 0.341. The highest BCUT2D eigenvalue weighted by Crippen LogP contribution is 1.58. The van der Waals surface area contributed by atoms with Gasteiger partial charge in [-0.1, -0.05) is 11.8 Å². The van der Waals surface area contributed by atoms with Crippen LogP contribution in [0.2, 0.25) is 0 Å². The number of nitrogens with two attached hydrogens (primary N) is 2. The molecule has 0 aromatic carbocycles. The van der Waals surface area contributed by atoms with Crippen LogP contribution in [0, 0.1) is 0 Å². The second-order valence-electron chi connectivity index (χ2n) is 0.899. The molecule has 0 radical (unpaired) electrons. The van der Waals surface area contributed by atoms with Crippen molar-refractivity contribution in [3.8, 4) is 0 Å². The molecule has 8 heavy (non-hydrogen) atoms. The fraction of sp³-hybridized carbons (Fsp3) is 0.667. The van der Waals surface area contributed by atoms with Crippen molar-refractivity contribution in [2.24, 2.45) is 16.5 Å². The zero-order chi connectivity index (χ0) is 6.99. The Morgan fingerprint density at radius 3 is 2.00 bits per heavy atom. The Morgan fingerprint density at radius 1 is 1.62 bits per heavy atom. The van der Waals surface area contributed by atoms with E-state index in [4.69, 9.17) is 11.5 Å². The van der Waals surface area contributed by atoms with Crippen molar-refractivity contribution < 1.29 is 0 Å². The van der Waals surface area contributed by atoms with Gasteiger partial charge in [0.25, 0.3) is 0 Å². The molecule has 0 aromatic rings. The van der Waals surface area contributed by atoms with Crippen LogP contribution in [0.25, 0.3) is 0 Å². The Bertz CT molecular complexity index is 70.9. The molecule has 0 saturated carbocycles. The molecule has 0 atom stereocenters. The van der Waals surface area contributed by atoms with Crippen molar-refractivity contribution >= 4 is 25.8 Å². The summed E-state index contributed by atoms with van der Waals surface area (Å²) in [6, 6.07) is 0. The minimum Gasteiger partial charge on any atom is -0.370 e. The minimum atomic E-state index is 0.164. The largest absolute Gasteiger partial charge is 0.370 e. The normalized spacial score (nSPS) is 6.12. The van der Waals surface area contributed by atoms with Crippen molar-refractivity contribution in [3.05, 3.63) is 0 Å². The van der Waals surface area contributed by atoms with E-state index in [9.17, 15) is 0 Å². The third kappa shape index (κ3) is 17.1. The van der Waals surface area contributed by atoms with Gasteiger partial charge >= 0.3 is 0 Å². The van der Waals surface area contributed by atoms with Crippen molar-refractivity contribution in [2.45, 2.75) is 6.92 Å². The van der Waals surface area contributed by atoms with E-state index in [1.807, 2.05) is 6.92 Å². The SMILES string of the molecule is CCN=C(N)N.P=S. The Balaban J connectivity index is 0. The summed E-state index contributed by atoms with van der Waals surface area (Å²) in [5.74, 6) is 0.164. The van der Waals surface area contributed by atoms with Gasteiger partial charge in [0.15, 0.2) is 5.96 Å². The molecule has 0 bridgehead atoms. The number of nitrogens with zero attached hydrogens (tertiary/aromatic N) is 1. The summed E-state index contributed by atoms with van der Waals surface area (Å²) in [6.07, 6.45) is 0. The fourth-order valence-corrected chi connectivity index (χ4v) is 0.183. The van der Waals surface area contributed by atoms with Crippen molar-refractivity contribution in [1.29, 1.82) is 0 Å². The van der Waals surface area contributed by atoms with Crippen molar-refractivity contribution in [2.75, 3.05) is 6.54 Å². The summed E-state index contributed by atoms with van der Waals surface area (Å²) >= 11 is 3.89. The summed E-state index contributed by atoms with van der Waals surface area (Å²) < 4.78 is 0. The van der Waals surface area contributed by atoms with Crippen LogP contribution >= 0.6 is 8.02 Å². The number of rotatable bonds is 1. The molecule has 0 aliphatic carbocycles. The zero-order valence-corrected chi connectivity index (χ0v) is 6.53. The summed E-state index contributed by atoms with van der Waals surface area (Å²) in [5, 5.41) is 0. The Kier molecular flexibility index (Phi) is 13.3. The average Bonchev–Trinajstić information content (AvgIpc) is 1.72. The molecule has 0 spiro atoms. The lowest BCUT2D eigenvalue weighted by Gasteiger charge is -1.82. The maximum absolute atomic E-state index is 4.93. The summed E-state index contributed by atoms with van der Waals surface area (Å²) in [6.45, 7) is 2.54. The van der Waals surface area contributed by atoms with E-state index in [-0.39, 0.29) is 5.96 Å². The highest BCUT2D eigenvalue weighted by molar-refractivity contribution is 7.88. The van der Waals surface area contributed by atoms with E-state index < -0.39 is 0 Å². The second kappa shape index (κ2) is 9.92.